The van der Waals surface area contributed by atoms with Crippen molar-refractivity contribution in [3.8, 4) is 5.75 Å². The topological polar surface area (TPSA) is 43.6 Å². The smallest absolute Gasteiger partial charge is 0.252 e. The Balaban J connectivity index is 1.94. The van der Waals surface area contributed by atoms with Gasteiger partial charge in [-0.25, -0.2) is 0 Å². The van der Waals surface area contributed by atoms with Gasteiger partial charge in [0.05, 0.1) is 23.7 Å². The second-order valence-electron chi connectivity index (χ2n) is 5.88. The van der Waals surface area contributed by atoms with E-state index in [2.05, 4.69) is 31.0 Å². The summed E-state index contributed by atoms with van der Waals surface area (Å²) in [4.78, 5) is 17.4. The molecular weight excluding hydrogens is 320 g/mol. The van der Waals surface area contributed by atoms with E-state index in [4.69, 9.17) is 4.74 Å². The third-order valence-electron chi connectivity index (χ3n) is 4.13. The summed E-state index contributed by atoms with van der Waals surface area (Å²) in [5.41, 5.74) is 4.50. The fourth-order valence-electron chi connectivity index (χ4n) is 2.59. The molecule has 124 valence electrons. The van der Waals surface area contributed by atoms with Gasteiger partial charge in [-0.15, -0.1) is 0 Å². The Labute approximate surface area is 145 Å². The zero-order valence-electron chi connectivity index (χ0n) is 14.3. The summed E-state index contributed by atoms with van der Waals surface area (Å²) >= 11 is 1.54. The van der Waals surface area contributed by atoms with Crippen LogP contribution in [0.2, 0.25) is 0 Å². The van der Waals surface area contributed by atoms with Gasteiger partial charge in [0.2, 0.25) is 0 Å². The molecule has 0 N–H and O–H groups in total. The van der Waals surface area contributed by atoms with Crippen LogP contribution >= 0.6 is 11.3 Å². The van der Waals surface area contributed by atoms with Crippen LogP contribution in [0.25, 0.3) is 10.2 Å². The Morgan fingerprint density at radius 1 is 1.21 bits per heavy atom. The molecule has 1 amide bonds. The van der Waals surface area contributed by atoms with Crippen molar-refractivity contribution in [3.05, 3.63) is 57.9 Å². The fourth-order valence-corrected chi connectivity index (χ4v) is 3.70. The van der Waals surface area contributed by atoms with Gasteiger partial charge in [-0.05, 0) is 54.8 Å². The highest BCUT2D eigenvalue weighted by atomic mass is 32.1. The highest BCUT2D eigenvalue weighted by Crippen LogP contribution is 2.21. The van der Waals surface area contributed by atoms with E-state index in [-0.39, 0.29) is 12.3 Å². The summed E-state index contributed by atoms with van der Waals surface area (Å²) in [6.45, 7) is 4.19. The first-order chi connectivity index (χ1) is 11.5. The third kappa shape index (κ3) is 3.26. The minimum atomic E-state index is -0.154. The second kappa shape index (κ2) is 6.61. The lowest BCUT2D eigenvalue weighted by molar-refractivity contribution is -0.117. The van der Waals surface area contributed by atoms with Crippen LogP contribution in [0.4, 0.5) is 0 Å². The van der Waals surface area contributed by atoms with Crippen molar-refractivity contribution < 1.29 is 9.53 Å². The molecule has 0 unspecified atom stereocenters. The summed E-state index contributed by atoms with van der Waals surface area (Å²) in [5.74, 6) is 0.595. The number of hydrogen-bond donors (Lipinski definition) is 0. The number of hydrogen-bond acceptors (Lipinski definition) is 3. The zero-order valence-corrected chi connectivity index (χ0v) is 15.1. The first kappa shape index (κ1) is 16.5. The van der Waals surface area contributed by atoms with Crippen molar-refractivity contribution in [1.82, 2.24) is 4.57 Å². The van der Waals surface area contributed by atoms with Crippen LogP contribution in [-0.4, -0.2) is 17.6 Å². The van der Waals surface area contributed by atoms with Crippen molar-refractivity contribution in [2.45, 2.75) is 20.3 Å². The Morgan fingerprint density at radius 3 is 2.71 bits per heavy atom. The molecule has 24 heavy (non-hydrogen) atoms. The van der Waals surface area contributed by atoms with Gasteiger partial charge < -0.3 is 9.30 Å². The average molecular weight is 340 g/mol. The molecule has 3 aromatic rings. The SMILES string of the molecule is COc1cccc(CC(=O)N=c2sc3cc(C)c(C)cc3n2C)c1. The van der Waals surface area contributed by atoms with E-state index in [1.807, 2.05) is 35.9 Å². The number of fused-ring (bicyclic) bond motifs is 1. The molecule has 0 saturated carbocycles. The van der Waals surface area contributed by atoms with Crippen LogP contribution in [0.3, 0.4) is 0 Å². The maximum atomic E-state index is 12.3. The first-order valence-corrected chi connectivity index (χ1v) is 8.57. The largest absolute Gasteiger partial charge is 0.497 e. The number of aryl methyl sites for hydroxylation is 3. The predicted molar refractivity (Wildman–Crippen MR) is 97.5 cm³/mol. The monoisotopic (exact) mass is 340 g/mol. The van der Waals surface area contributed by atoms with Crippen LogP contribution in [0.5, 0.6) is 5.75 Å². The van der Waals surface area contributed by atoms with Crippen LogP contribution in [-0.2, 0) is 18.3 Å². The molecule has 0 bridgehead atoms. The highest BCUT2D eigenvalue weighted by Gasteiger charge is 2.08. The molecule has 0 aliphatic rings. The number of amides is 1. The lowest BCUT2D eigenvalue weighted by Crippen LogP contribution is -2.14. The van der Waals surface area contributed by atoms with Crippen molar-refractivity contribution in [3.63, 3.8) is 0 Å². The average Bonchev–Trinajstić information content (AvgIpc) is 2.84. The molecule has 5 heteroatoms. The van der Waals surface area contributed by atoms with Crippen LogP contribution < -0.4 is 9.54 Å². The van der Waals surface area contributed by atoms with Gasteiger partial charge >= 0.3 is 0 Å². The van der Waals surface area contributed by atoms with E-state index in [9.17, 15) is 4.79 Å². The summed E-state index contributed by atoms with van der Waals surface area (Å²) < 4.78 is 8.32. The lowest BCUT2D eigenvalue weighted by atomic mass is 10.1. The molecule has 0 atom stereocenters. The number of carbonyl (C=O) groups excluding carboxylic acids is 1. The maximum Gasteiger partial charge on any atom is 0.252 e. The fraction of sp³-hybridized carbons (Fsp3) is 0.263. The van der Waals surface area contributed by atoms with E-state index in [0.717, 1.165) is 26.3 Å². The van der Waals surface area contributed by atoms with E-state index < -0.39 is 0 Å². The molecule has 0 spiro atoms. The Kier molecular flexibility index (Phi) is 4.53. The van der Waals surface area contributed by atoms with Crippen molar-refractivity contribution in [2.75, 3.05) is 7.11 Å². The molecule has 3 rings (SSSR count). The molecule has 2 aromatic carbocycles. The number of benzene rings is 2. The van der Waals surface area contributed by atoms with Crippen LogP contribution in [0, 0.1) is 13.8 Å². The number of rotatable bonds is 3. The Bertz CT molecular complexity index is 983. The van der Waals surface area contributed by atoms with Crippen LogP contribution in [0.15, 0.2) is 41.4 Å². The summed E-state index contributed by atoms with van der Waals surface area (Å²) in [6, 6.07) is 11.8. The van der Waals surface area contributed by atoms with Crippen LogP contribution in [0.1, 0.15) is 16.7 Å². The lowest BCUT2D eigenvalue weighted by Gasteiger charge is -2.02. The summed E-state index contributed by atoms with van der Waals surface area (Å²) in [7, 11) is 3.57. The van der Waals surface area contributed by atoms with E-state index in [0.29, 0.717) is 0 Å². The van der Waals surface area contributed by atoms with Gasteiger partial charge in [0.25, 0.3) is 5.91 Å². The summed E-state index contributed by atoms with van der Waals surface area (Å²) in [6.07, 6.45) is 0.267. The van der Waals surface area contributed by atoms with Gasteiger partial charge in [-0.3, -0.25) is 4.79 Å². The minimum Gasteiger partial charge on any atom is -0.497 e. The van der Waals surface area contributed by atoms with Crippen molar-refractivity contribution in [2.24, 2.45) is 12.0 Å². The van der Waals surface area contributed by atoms with Gasteiger partial charge in [-0.2, -0.15) is 4.99 Å². The summed E-state index contributed by atoms with van der Waals surface area (Å²) in [5, 5.41) is 0. The van der Waals surface area contributed by atoms with Crippen molar-refractivity contribution >= 4 is 27.5 Å². The predicted octanol–water partition coefficient (Wildman–Crippen LogP) is 3.54. The molecule has 1 heterocycles. The number of ether oxygens (including phenoxy) is 1. The van der Waals surface area contributed by atoms with Gasteiger partial charge in [0.1, 0.15) is 5.75 Å². The van der Waals surface area contributed by atoms with Gasteiger partial charge in [0.15, 0.2) is 4.80 Å². The number of methoxy groups -OCH3 is 1. The molecule has 0 radical (unpaired) electrons. The van der Waals surface area contributed by atoms with E-state index >= 15 is 0 Å². The number of carbonyl (C=O) groups is 1. The normalized spacial score (nSPS) is 11.9. The minimum absolute atomic E-state index is 0.154. The quantitative estimate of drug-likeness (QED) is 0.732. The maximum absolute atomic E-state index is 12.3. The zero-order chi connectivity index (χ0) is 17.3. The molecule has 0 saturated heterocycles. The molecule has 0 fully saturated rings. The van der Waals surface area contributed by atoms with Gasteiger partial charge in [0, 0.05) is 7.05 Å². The molecular formula is C19H20N2O2S. The van der Waals surface area contributed by atoms with Crippen molar-refractivity contribution in [1.29, 1.82) is 0 Å². The standard InChI is InChI=1S/C19H20N2O2S/c1-12-8-16-17(9-13(12)2)24-19(21(16)3)20-18(22)11-14-6-5-7-15(10-14)23-4/h5-10H,11H2,1-4H3. The second-order valence-corrected chi connectivity index (χ2v) is 6.89. The highest BCUT2D eigenvalue weighted by molar-refractivity contribution is 7.16. The molecule has 1 aromatic heterocycles. The van der Waals surface area contributed by atoms with E-state index in [1.54, 1.807) is 18.4 Å². The Hall–Kier alpha value is -2.40. The molecule has 0 aliphatic carbocycles. The number of aromatic nitrogens is 1. The Morgan fingerprint density at radius 2 is 1.96 bits per heavy atom. The number of nitrogens with zero attached hydrogens (tertiary/aromatic N) is 2. The number of thiazole rings is 1. The first-order valence-electron chi connectivity index (χ1n) is 7.75. The van der Waals surface area contributed by atoms with E-state index in [1.165, 1.54) is 11.1 Å². The van der Waals surface area contributed by atoms with Gasteiger partial charge in [-0.1, -0.05) is 23.5 Å². The third-order valence-corrected chi connectivity index (χ3v) is 5.23. The molecule has 4 nitrogen and oxygen atoms in total. The molecule has 0 aliphatic heterocycles.